The van der Waals surface area contributed by atoms with Crippen molar-refractivity contribution in [3.8, 4) is 0 Å². The van der Waals surface area contributed by atoms with Crippen molar-refractivity contribution in [1.82, 2.24) is 4.98 Å². The number of aromatic nitrogens is 1. The first-order chi connectivity index (χ1) is 9.76. The molecule has 5 heteroatoms. The van der Waals surface area contributed by atoms with Crippen molar-refractivity contribution >= 4 is 34.0 Å². The van der Waals surface area contributed by atoms with Crippen molar-refractivity contribution in [1.29, 1.82) is 0 Å². The topological polar surface area (TPSA) is 42.0 Å². The van der Waals surface area contributed by atoms with Crippen LogP contribution in [-0.2, 0) is 10.7 Å². The second-order valence-electron chi connectivity index (χ2n) is 6.08. The van der Waals surface area contributed by atoms with Crippen LogP contribution in [0.4, 0.5) is 5.13 Å². The summed E-state index contributed by atoms with van der Waals surface area (Å²) >= 11 is 7.20. The minimum atomic E-state index is 0.157. The molecule has 2 fully saturated rings. The Morgan fingerprint density at radius 2 is 2.10 bits per heavy atom. The van der Waals surface area contributed by atoms with Crippen LogP contribution in [0.1, 0.15) is 50.6 Å². The van der Waals surface area contributed by atoms with E-state index < -0.39 is 0 Å². The molecule has 2 saturated carbocycles. The number of carbonyl (C=O) groups excluding carboxylic acids is 1. The standard InChI is InChI=1S/C15H21ClN2OS/c16-8-13-9-20-15(17-13)18-14(19)12-6-5-10-3-1-2-4-11(10)7-12/h9-12H,1-8H2,(H,17,18,19). The lowest BCUT2D eigenvalue weighted by molar-refractivity contribution is -0.122. The molecule has 0 aromatic carbocycles. The lowest BCUT2D eigenvalue weighted by Gasteiger charge is -2.38. The van der Waals surface area contributed by atoms with Crippen molar-refractivity contribution in [2.75, 3.05) is 5.32 Å². The van der Waals surface area contributed by atoms with E-state index in [-0.39, 0.29) is 11.8 Å². The molecule has 0 spiro atoms. The first-order valence-electron chi connectivity index (χ1n) is 7.57. The van der Waals surface area contributed by atoms with E-state index >= 15 is 0 Å². The lowest BCUT2D eigenvalue weighted by atomic mass is 9.67. The molecular weight excluding hydrogens is 292 g/mol. The minimum absolute atomic E-state index is 0.157. The first-order valence-corrected chi connectivity index (χ1v) is 8.99. The highest BCUT2D eigenvalue weighted by molar-refractivity contribution is 7.13. The van der Waals surface area contributed by atoms with Gasteiger partial charge in [0.2, 0.25) is 5.91 Å². The normalized spacial score (nSPS) is 29.8. The van der Waals surface area contributed by atoms with Gasteiger partial charge < -0.3 is 5.32 Å². The number of fused-ring (bicyclic) bond motifs is 1. The van der Waals surface area contributed by atoms with Gasteiger partial charge >= 0.3 is 0 Å². The number of thiazole rings is 1. The maximum atomic E-state index is 12.4. The van der Waals surface area contributed by atoms with Crippen molar-refractivity contribution in [3.63, 3.8) is 0 Å². The largest absolute Gasteiger partial charge is 0.302 e. The number of nitrogens with zero attached hydrogens (tertiary/aromatic N) is 1. The Kier molecular flexibility index (Phi) is 4.61. The van der Waals surface area contributed by atoms with Gasteiger partial charge in [-0.25, -0.2) is 4.98 Å². The van der Waals surface area contributed by atoms with E-state index in [4.69, 9.17) is 11.6 Å². The van der Waals surface area contributed by atoms with Gasteiger partial charge in [-0.15, -0.1) is 22.9 Å². The second kappa shape index (κ2) is 6.44. The maximum Gasteiger partial charge on any atom is 0.229 e. The molecule has 3 nitrogen and oxygen atoms in total. The highest BCUT2D eigenvalue weighted by Crippen LogP contribution is 2.42. The molecule has 1 amide bonds. The average Bonchev–Trinajstić information content (AvgIpc) is 2.94. The Labute approximate surface area is 129 Å². The van der Waals surface area contributed by atoms with Gasteiger partial charge in [0.05, 0.1) is 11.6 Å². The number of alkyl halides is 1. The molecular formula is C15H21ClN2OS. The molecule has 3 atom stereocenters. The summed E-state index contributed by atoms with van der Waals surface area (Å²) in [5, 5.41) is 5.57. The van der Waals surface area contributed by atoms with Gasteiger partial charge in [-0.05, 0) is 31.1 Å². The molecule has 1 N–H and O–H groups in total. The van der Waals surface area contributed by atoms with Crippen LogP contribution in [0.25, 0.3) is 0 Å². The molecule has 3 unspecified atom stereocenters. The van der Waals surface area contributed by atoms with Crippen LogP contribution in [0.15, 0.2) is 5.38 Å². The van der Waals surface area contributed by atoms with Crippen molar-refractivity contribution < 1.29 is 4.79 Å². The van der Waals surface area contributed by atoms with Gasteiger partial charge in [-0.3, -0.25) is 4.79 Å². The smallest absolute Gasteiger partial charge is 0.229 e. The molecule has 2 aliphatic rings. The predicted octanol–water partition coefficient (Wildman–Crippen LogP) is 4.43. The van der Waals surface area contributed by atoms with Crippen LogP contribution in [0, 0.1) is 17.8 Å². The molecule has 1 heterocycles. The Morgan fingerprint density at radius 1 is 1.30 bits per heavy atom. The summed E-state index contributed by atoms with van der Waals surface area (Å²) in [4.78, 5) is 16.7. The summed E-state index contributed by atoms with van der Waals surface area (Å²) in [7, 11) is 0. The van der Waals surface area contributed by atoms with E-state index in [0.29, 0.717) is 11.0 Å². The fraction of sp³-hybridized carbons (Fsp3) is 0.733. The van der Waals surface area contributed by atoms with Gasteiger partial charge in [0.15, 0.2) is 5.13 Å². The average molecular weight is 313 g/mol. The zero-order valence-corrected chi connectivity index (χ0v) is 13.2. The molecule has 1 aromatic rings. The van der Waals surface area contributed by atoms with Crippen LogP contribution in [0.5, 0.6) is 0 Å². The highest BCUT2D eigenvalue weighted by Gasteiger charge is 2.35. The molecule has 3 rings (SSSR count). The van der Waals surface area contributed by atoms with Gasteiger partial charge in [-0.1, -0.05) is 25.7 Å². The van der Waals surface area contributed by atoms with E-state index in [1.165, 1.54) is 43.4 Å². The molecule has 110 valence electrons. The van der Waals surface area contributed by atoms with E-state index in [9.17, 15) is 4.79 Å². The molecule has 0 radical (unpaired) electrons. The Balaban J connectivity index is 1.57. The monoisotopic (exact) mass is 312 g/mol. The van der Waals surface area contributed by atoms with Crippen LogP contribution in [0.2, 0.25) is 0 Å². The number of hydrogen-bond acceptors (Lipinski definition) is 3. The zero-order chi connectivity index (χ0) is 13.9. The van der Waals surface area contributed by atoms with Gasteiger partial charge in [-0.2, -0.15) is 0 Å². The third kappa shape index (κ3) is 3.17. The number of anilines is 1. The summed E-state index contributed by atoms with van der Waals surface area (Å²) in [5.41, 5.74) is 0.836. The summed E-state index contributed by atoms with van der Waals surface area (Å²) in [6, 6.07) is 0. The fourth-order valence-electron chi connectivity index (χ4n) is 3.74. The first kappa shape index (κ1) is 14.3. The highest BCUT2D eigenvalue weighted by atomic mass is 35.5. The van der Waals surface area contributed by atoms with Crippen molar-refractivity contribution in [3.05, 3.63) is 11.1 Å². The quantitative estimate of drug-likeness (QED) is 0.839. The Morgan fingerprint density at radius 3 is 2.85 bits per heavy atom. The summed E-state index contributed by atoms with van der Waals surface area (Å²) in [5.74, 6) is 2.40. The molecule has 2 aliphatic carbocycles. The number of carbonyl (C=O) groups is 1. The van der Waals surface area contributed by atoms with E-state index in [0.717, 1.165) is 30.4 Å². The minimum Gasteiger partial charge on any atom is -0.302 e. The van der Waals surface area contributed by atoms with Gasteiger partial charge in [0, 0.05) is 11.3 Å². The number of amides is 1. The molecule has 1 aromatic heterocycles. The van der Waals surface area contributed by atoms with Crippen LogP contribution >= 0.6 is 22.9 Å². The summed E-state index contributed by atoms with van der Waals surface area (Å²) in [6.07, 6.45) is 8.78. The van der Waals surface area contributed by atoms with Gasteiger partial charge in [0.25, 0.3) is 0 Å². The second-order valence-corrected chi connectivity index (χ2v) is 7.21. The number of hydrogen-bond donors (Lipinski definition) is 1. The van der Waals surface area contributed by atoms with Crippen LogP contribution < -0.4 is 5.32 Å². The number of rotatable bonds is 3. The van der Waals surface area contributed by atoms with E-state index in [1.54, 1.807) is 0 Å². The Hall–Kier alpha value is -0.610. The van der Waals surface area contributed by atoms with Crippen LogP contribution in [0.3, 0.4) is 0 Å². The summed E-state index contributed by atoms with van der Waals surface area (Å²) < 4.78 is 0. The van der Waals surface area contributed by atoms with Crippen molar-refractivity contribution in [2.45, 2.75) is 50.8 Å². The number of nitrogens with one attached hydrogen (secondary N) is 1. The van der Waals surface area contributed by atoms with Gasteiger partial charge in [0.1, 0.15) is 0 Å². The fourth-order valence-corrected chi connectivity index (χ4v) is 4.69. The predicted molar refractivity (Wildman–Crippen MR) is 83.1 cm³/mol. The molecule has 0 saturated heterocycles. The summed E-state index contributed by atoms with van der Waals surface area (Å²) in [6.45, 7) is 0. The third-order valence-electron chi connectivity index (χ3n) is 4.83. The molecule has 20 heavy (non-hydrogen) atoms. The van der Waals surface area contributed by atoms with Crippen molar-refractivity contribution in [2.24, 2.45) is 17.8 Å². The van der Waals surface area contributed by atoms with Crippen LogP contribution in [-0.4, -0.2) is 10.9 Å². The number of halogens is 1. The molecule has 0 aliphatic heterocycles. The lowest BCUT2D eigenvalue weighted by Crippen LogP contribution is -2.33. The maximum absolute atomic E-state index is 12.4. The third-order valence-corrected chi connectivity index (χ3v) is 5.91. The zero-order valence-electron chi connectivity index (χ0n) is 11.6. The SMILES string of the molecule is O=C(Nc1nc(CCl)cs1)C1CCC2CCCCC2C1. The van der Waals surface area contributed by atoms with E-state index in [2.05, 4.69) is 10.3 Å². The Bertz CT molecular complexity index is 476. The van der Waals surface area contributed by atoms with E-state index in [1.807, 2.05) is 5.38 Å². The molecule has 0 bridgehead atoms.